The molecule has 0 atom stereocenters. The van der Waals surface area contributed by atoms with E-state index in [-0.39, 0.29) is 59.0 Å². The summed E-state index contributed by atoms with van der Waals surface area (Å²) in [6.07, 6.45) is 0. The van der Waals surface area contributed by atoms with Gasteiger partial charge >= 0.3 is 65.9 Å². The average Bonchev–Trinajstić information content (AvgIpc) is 2.13. The molecule has 0 aliphatic rings. The third-order valence-electron chi connectivity index (χ3n) is 1.83. The summed E-state index contributed by atoms with van der Waals surface area (Å²) in [5.74, 6) is 0. The van der Waals surface area contributed by atoms with Gasteiger partial charge in [-0.3, -0.25) is 0 Å². The van der Waals surface area contributed by atoms with E-state index in [0.29, 0.717) is 13.1 Å². The van der Waals surface area contributed by atoms with Crippen LogP contribution in [0.1, 0.15) is 27.7 Å². The molecule has 22 heavy (non-hydrogen) atoms. The monoisotopic (exact) mass is 732 g/mol. The summed E-state index contributed by atoms with van der Waals surface area (Å²) in [5.41, 5.74) is 20.6. The zero-order valence-electron chi connectivity index (χ0n) is 16.1. The number of rotatable bonds is 2. The third-order valence-corrected chi connectivity index (χ3v) is 1.83. The molecule has 0 saturated carbocycles. The SMILES string of the molecule is CC(C)(N)C(C)(C)N.NCCN.[CH3][Pd+2]([CH3])([CH3])[CH3].[CH3][Pd][CH3].[I-].[I-]. The van der Waals surface area contributed by atoms with Crippen molar-refractivity contribution < 1.29 is 81.5 Å². The Balaban J connectivity index is -0.0000000403. The van der Waals surface area contributed by atoms with E-state index >= 15 is 0 Å². The van der Waals surface area contributed by atoms with E-state index in [2.05, 4.69) is 32.4 Å². The van der Waals surface area contributed by atoms with Crippen molar-refractivity contribution >= 4 is 0 Å². The molecule has 0 aliphatic carbocycles. The Bertz CT molecular complexity index is 169. The standard InChI is InChI=1S/C6H16N2.C2H8N2.6CH3.2HI.2Pd/c1-5(2,7)6(3,4)8;3-1-2-4;;;;;;;;;;/h7-8H2,1-4H3;1-4H2;6*1H3;2*1H;;/q;;;;;;;;;;;+2/p-2. The van der Waals surface area contributed by atoms with E-state index < -0.39 is 15.5 Å². The van der Waals surface area contributed by atoms with Crippen molar-refractivity contribution in [2.45, 2.75) is 71.2 Å². The van der Waals surface area contributed by atoms with Crippen molar-refractivity contribution in [3.8, 4) is 0 Å². The minimum Gasteiger partial charge on any atom is -1.00 e. The van der Waals surface area contributed by atoms with Gasteiger partial charge in [-0.15, -0.1) is 0 Å². The molecule has 0 heterocycles. The number of nitrogens with two attached hydrogens (primary N) is 4. The van der Waals surface area contributed by atoms with Crippen LogP contribution in [0, 0.1) is 0 Å². The predicted octanol–water partition coefficient (Wildman–Crippen LogP) is -3.13. The molecule has 0 fully saturated rings. The summed E-state index contributed by atoms with van der Waals surface area (Å²) in [4.78, 5) is 0. The van der Waals surface area contributed by atoms with Crippen molar-refractivity contribution in [3.63, 3.8) is 0 Å². The van der Waals surface area contributed by atoms with Crippen molar-refractivity contribution in [3.05, 3.63) is 0 Å². The molecule has 0 amide bonds. The minimum atomic E-state index is -0.700. The van der Waals surface area contributed by atoms with E-state index in [1.165, 1.54) is 0 Å². The Kier molecular flexibility index (Phi) is 39.0. The van der Waals surface area contributed by atoms with Crippen LogP contribution in [0.2, 0.25) is 32.4 Å². The van der Waals surface area contributed by atoms with Crippen molar-refractivity contribution in [1.82, 2.24) is 0 Å². The van der Waals surface area contributed by atoms with Gasteiger partial charge in [-0.25, -0.2) is 0 Å². The maximum Gasteiger partial charge on any atom is -1.00 e. The van der Waals surface area contributed by atoms with E-state index in [0.717, 1.165) is 18.0 Å². The van der Waals surface area contributed by atoms with Crippen LogP contribution in [0.5, 0.6) is 0 Å². The van der Waals surface area contributed by atoms with E-state index in [1.807, 2.05) is 27.7 Å². The molecule has 0 aliphatic heterocycles. The van der Waals surface area contributed by atoms with Crippen LogP contribution in [0.15, 0.2) is 0 Å². The van der Waals surface area contributed by atoms with Crippen molar-refractivity contribution in [2.24, 2.45) is 22.9 Å². The first kappa shape index (κ1) is 39.6. The Hall–Kier alpha value is 2.62. The Morgan fingerprint density at radius 2 is 0.818 bits per heavy atom. The van der Waals surface area contributed by atoms with E-state index in [4.69, 9.17) is 22.9 Å². The molecule has 0 aromatic heterocycles. The van der Waals surface area contributed by atoms with Gasteiger partial charge in [0.25, 0.3) is 0 Å². The van der Waals surface area contributed by atoms with Gasteiger partial charge in [-0.05, 0) is 27.7 Å². The van der Waals surface area contributed by atoms with Gasteiger partial charge < -0.3 is 70.9 Å². The fourth-order valence-corrected chi connectivity index (χ4v) is 0. The zero-order chi connectivity index (χ0) is 17.6. The molecule has 8 N–H and O–H groups in total. The molecule has 0 aromatic carbocycles. The maximum absolute atomic E-state index is 5.69. The summed E-state index contributed by atoms with van der Waals surface area (Å²) in [7, 11) is 0. The molecule has 0 saturated heterocycles. The summed E-state index contributed by atoms with van der Waals surface area (Å²) in [5, 5.41) is 13.7. The largest absolute Gasteiger partial charge is 1.00 e. The van der Waals surface area contributed by atoms with Crippen LogP contribution in [-0.2, 0) is 33.5 Å². The molecule has 8 heteroatoms. The molecule has 0 rings (SSSR count). The fourth-order valence-electron chi connectivity index (χ4n) is 0. The van der Waals surface area contributed by atoms with Gasteiger partial charge in [0.05, 0.1) is 0 Å². The first-order chi connectivity index (χ1) is 8.58. The van der Waals surface area contributed by atoms with Crippen LogP contribution in [-0.4, -0.2) is 24.2 Å². The molecule has 0 unspecified atom stereocenters. The van der Waals surface area contributed by atoms with Crippen LogP contribution in [0.3, 0.4) is 0 Å². The van der Waals surface area contributed by atoms with Crippen molar-refractivity contribution in [2.75, 3.05) is 13.1 Å². The van der Waals surface area contributed by atoms with Crippen LogP contribution in [0.4, 0.5) is 0 Å². The van der Waals surface area contributed by atoms with E-state index in [9.17, 15) is 0 Å². The van der Waals surface area contributed by atoms with Crippen LogP contribution >= 0.6 is 0 Å². The summed E-state index contributed by atoms with van der Waals surface area (Å²) < 4.78 is 0. The van der Waals surface area contributed by atoms with Gasteiger partial charge in [0, 0.05) is 24.2 Å². The number of halogens is 2. The Morgan fingerprint density at radius 1 is 0.727 bits per heavy atom. The van der Waals surface area contributed by atoms with Gasteiger partial charge in [0.1, 0.15) is 0 Å². The topological polar surface area (TPSA) is 104 Å². The second-order valence-corrected chi connectivity index (χ2v) is 17.1. The third kappa shape index (κ3) is 66.4. The number of hydrogen-bond acceptors (Lipinski definition) is 4. The minimum absolute atomic E-state index is 0. The van der Waals surface area contributed by atoms with E-state index in [1.54, 1.807) is 0 Å². The molecule has 152 valence electrons. The Morgan fingerprint density at radius 3 is 0.818 bits per heavy atom. The first-order valence-corrected chi connectivity index (χ1v) is 15.4. The molecule has 0 radical (unpaired) electrons. The fraction of sp³-hybridized carbons (Fsp3) is 1.00. The molecule has 0 bridgehead atoms. The smallest absolute Gasteiger partial charge is 1.00 e. The zero-order valence-corrected chi connectivity index (χ0v) is 23.5. The van der Waals surface area contributed by atoms with Crippen LogP contribution < -0.4 is 70.9 Å². The van der Waals surface area contributed by atoms with Gasteiger partial charge in [0.2, 0.25) is 0 Å². The molecular formula is C14H42I2N4Pd2. The second-order valence-electron chi connectivity index (χ2n) is 6.23. The second kappa shape index (κ2) is 21.7. The molecule has 0 spiro atoms. The molecular weight excluding hydrogens is 691 g/mol. The summed E-state index contributed by atoms with van der Waals surface area (Å²) in [6.45, 7) is 8.89. The van der Waals surface area contributed by atoms with Crippen LogP contribution in [0.25, 0.3) is 0 Å². The maximum atomic E-state index is 5.69. The van der Waals surface area contributed by atoms with Gasteiger partial charge in [-0.1, -0.05) is 0 Å². The van der Waals surface area contributed by atoms with Crippen molar-refractivity contribution in [1.29, 1.82) is 0 Å². The predicted molar refractivity (Wildman–Crippen MR) is 89.8 cm³/mol. The average molecular weight is 733 g/mol. The summed E-state index contributed by atoms with van der Waals surface area (Å²) >= 11 is 0.250. The Labute approximate surface area is 186 Å². The quantitative estimate of drug-likeness (QED) is 0.178. The van der Waals surface area contributed by atoms with Gasteiger partial charge in [0.15, 0.2) is 0 Å². The first-order valence-electron chi connectivity index (χ1n) is 6.04. The summed E-state index contributed by atoms with van der Waals surface area (Å²) in [6, 6.07) is 0. The van der Waals surface area contributed by atoms with Gasteiger partial charge in [-0.2, -0.15) is 0 Å². The molecule has 4 nitrogen and oxygen atoms in total. The normalized spacial score (nSPS) is 11.0. The molecule has 0 aromatic rings. The number of hydrogen-bond donors (Lipinski definition) is 4.